The summed E-state index contributed by atoms with van der Waals surface area (Å²) in [4.78, 5) is 13.3. The first-order valence-electron chi connectivity index (χ1n) is 14.0. The largest absolute Gasteiger partial charge is 0.390 e. The van der Waals surface area contributed by atoms with Crippen LogP contribution in [0, 0.1) is 58.2 Å². The Morgan fingerprint density at radius 3 is 2.24 bits per heavy atom. The van der Waals surface area contributed by atoms with Gasteiger partial charge < -0.3 is 10.2 Å². The van der Waals surface area contributed by atoms with Crippen molar-refractivity contribution in [3.05, 3.63) is 0 Å². The Kier molecular flexibility index (Phi) is 7.13. The van der Waals surface area contributed by atoms with E-state index >= 15 is 0 Å². The molecule has 0 spiro atoms. The molecular formula is C29H49FO3. The van der Waals surface area contributed by atoms with E-state index in [4.69, 9.17) is 0 Å². The summed E-state index contributed by atoms with van der Waals surface area (Å²) in [5.74, 6) is 2.56. The highest BCUT2D eigenvalue weighted by Crippen LogP contribution is 2.68. The number of carbonyl (C=O) groups is 1. The van der Waals surface area contributed by atoms with Gasteiger partial charge in [0, 0.05) is 12.3 Å². The Morgan fingerprint density at radius 1 is 0.970 bits per heavy atom. The van der Waals surface area contributed by atoms with Crippen molar-refractivity contribution in [3.8, 4) is 0 Å². The molecule has 4 heteroatoms. The molecule has 4 aliphatic carbocycles. The molecule has 0 aliphatic heterocycles. The normalized spacial score (nSPS) is 46.8. The summed E-state index contributed by atoms with van der Waals surface area (Å²) in [5.41, 5.74) is 0.0799. The van der Waals surface area contributed by atoms with Gasteiger partial charge >= 0.3 is 0 Å². The molecule has 12 atom stereocenters. The van der Waals surface area contributed by atoms with Crippen molar-refractivity contribution >= 4 is 5.78 Å². The van der Waals surface area contributed by atoms with Crippen molar-refractivity contribution in [3.63, 3.8) is 0 Å². The number of aliphatic hydroxyl groups is 2. The first-order valence-corrected chi connectivity index (χ1v) is 14.0. The maximum absolute atomic E-state index is 14.2. The number of fused-ring (bicyclic) bond motifs is 5. The second-order valence-electron chi connectivity index (χ2n) is 13.4. The third kappa shape index (κ3) is 4.03. The van der Waals surface area contributed by atoms with E-state index < -0.39 is 18.4 Å². The molecule has 4 saturated carbocycles. The standard InChI is InChI=1S/C29H49FO3/c1-7-19(16(2)3)27(33)26(32)17(4)21-8-9-22-20-15-25(31)24-14-18(30)10-12-29(24,6)23(20)11-13-28(21,22)5/h16-24,26-27,32-33H,7-15H2,1-6H3/t17-,18-,19-,20-,21+,22-,23-,24?,26+,27+,28+,29+/m0/s1. The number of rotatable bonds is 6. The van der Waals surface area contributed by atoms with E-state index in [2.05, 4.69) is 41.5 Å². The van der Waals surface area contributed by atoms with E-state index in [1.165, 1.54) is 0 Å². The van der Waals surface area contributed by atoms with Crippen LogP contribution in [0.1, 0.15) is 99.3 Å². The number of alkyl halides is 1. The van der Waals surface area contributed by atoms with Gasteiger partial charge in [0.1, 0.15) is 12.0 Å². The minimum atomic E-state index is -0.806. The summed E-state index contributed by atoms with van der Waals surface area (Å²) < 4.78 is 14.2. The maximum Gasteiger partial charge on any atom is 0.136 e. The number of aliphatic hydroxyl groups excluding tert-OH is 2. The van der Waals surface area contributed by atoms with Gasteiger partial charge in [0.05, 0.1) is 12.2 Å². The van der Waals surface area contributed by atoms with Crippen molar-refractivity contribution < 1.29 is 19.4 Å². The summed E-state index contributed by atoms with van der Waals surface area (Å²) >= 11 is 0. The summed E-state index contributed by atoms with van der Waals surface area (Å²) in [7, 11) is 0. The number of ketones is 1. The zero-order chi connectivity index (χ0) is 24.3. The van der Waals surface area contributed by atoms with Crippen molar-refractivity contribution in [1.82, 2.24) is 0 Å². The molecule has 33 heavy (non-hydrogen) atoms. The van der Waals surface area contributed by atoms with E-state index in [1.54, 1.807) is 0 Å². The first kappa shape index (κ1) is 25.6. The van der Waals surface area contributed by atoms with E-state index in [9.17, 15) is 19.4 Å². The predicted octanol–water partition coefficient (Wildman–Crippen LogP) is 6.20. The van der Waals surface area contributed by atoms with Crippen molar-refractivity contribution in [2.45, 2.75) is 118 Å². The smallest absolute Gasteiger partial charge is 0.136 e. The SMILES string of the molecule is CC[C@@H](C(C)C)[C@@H](O)[C@H](O)[C@@H](C)[C@H]1CC[C@H]2[C@@H]3CC(=O)C4C[C@@H](F)CC[C@]4(C)[C@H]3CC[C@]12C. The molecule has 2 N–H and O–H groups in total. The molecule has 0 bridgehead atoms. The van der Waals surface area contributed by atoms with Gasteiger partial charge in [-0.3, -0.25) is 4.79 Å². The van der Waals surface area contributed by atoms with E-state index in [0.29, 0.717) is 54.6 Å². The zero-order valence-electron chi connectivity index (χ0n) is 21.9. The average Bonchev–Trinajstić information content (AvgIpc) is 3.11. The number of carbonyl (C=O) groups excluding carboxylic acids is 1. The molecule has 4 fully saturated rings. The fraction of sp³-hybridized carbons (Fsp3) is 0.966. The molecule has 0 aromatic heterocycles. The second kappa shape index (κ2) is 9.19. The maximum atomic E-state index is 14.2. The highest BCUT2D eigenvalue weighted by atomic mass is 19.1. The highest BCUT2D eigenvalue weighted by molar-refractivity contribution is 5.83. The van der Waals surface area contributed by atoms with Crippen LogP contribution >= 0.6 is 0 Å². The third-order valence-electron chi connectivity index (χ3n) is 11.8. The number of hydrogen-bond acceptors (Lipinski definition) is 3. The zero-order valence-corrected chi connectivity index (χ0v) is 21.9. The Hall–Kier alpha value is -0.480. The van der Waals surface area contributed by atoms with Gasteiger partial charge in [0.25, 0.3) is 0 Å². The highest BCUT2D eigenvalue weighted by Gasteiger charge is 2.63. The van der Waals surface area contributed by atoms with Gasteiger partial charge in [0.2, 0.25) is 0 Å². The van der Waals surface area contributed by atoms with Gasteiger partial charge in [-0.15, -0.1) is 0 Å². The lowest BCUT2D eigenvalue weighted by Crippen LogP contribution is -2.57. The quantitative estimate of drug-likeness (QED) is 0.492. The molecule has 0 aromatic rings. The lowest BCUT2D eigenvalue weighted by atomic mass is 9.44. The lowest BCUT2D eigenvalue weighted by molar-refractivity contribution is -0.159. The van der Waals surface area contributed by atoms with Crippen LogP contribution < -0.4 is 0 Å². The Labute approximate surface area is 201 Å². The molecule has 0 heterocycles. The van der Waals surface area contributed by atoms with Gasteiger partial charge in [-0.1, -0.05) is 48.0 Å². The molecule has 0 aromatic carbocycles. The van der Waals surface area contributed by atoms with Gasteiger partial charge in [-0.25, -0.2) is 4.39 Å². The second-order valence-corrected chi connectivity index (χ2v) is 13.4. The number of halogens is 1. The van der Waals surface area contributed by atoms with Gasteiger partial charge in [-0.2, -0.15) is 0 Å². The topological polar surface area (TPSA) is 57.5 Å². The van der Waals surface area contributed by atoms with Gasteiger partial charge in [-0.05, 0) is 97.2 Å². The Morgan fingerprint density at radius 2 is 1.61 bits per heavy atom. The fourth-order valence-corrected chi connectivity index (χ4v) is 9.81. The molecule has 190 valence electrons. The monoisotopic (exact) mass is 464 g/mol. The molecule has 0 radical (unpaired) electrons. The van der Waals surface area contributed by atoms with Crippen LogP contribution in [-0.2, 0) is 4.79 Å². The molecule has 1 unspecified atom stereocenters. The molecule has 4 aliphatic rings. The minimum absolute atomic E-state index is 0.0328. The summed E-state index contributed by atoms with van der Waals surface area (Å²) in [5, 5.41) is 22.3. The van der Waals surface area contributed by atoms with Gasteiger partial charge in [0.15, 0.2) is 0 Å². The molecule has 4 rings (SSSR count). The molecular weight excluding hydrogens is 415 g/mol. The number of Topliss-reactive ketones (excluding diaryl/α,β-unsaturated/α-hetero) is 1. The van der Waals surface area contributed by atoms with Crippen LogP contribution in [0.4, 0.5) is 4.39 Å². The van der Waals surface area contributed by atoms with Crippen LogP contribution in [0.15, 0.2) is 0 Å². The van der Waals surface area contributed by atoms with E-state index in [-0.39, 0.29) is 28.6 Å². The Balaban J connectivity index is 1.54. The van der Waals surface area contributed by atoms with Crippen molar-refractivity contribution in [1.29, 1.82) is 0 Å². The molecule has 0 amide bonds. The summed E-state index contributed by atoms with van der Waals surface area (Å²) in [6.45, 7) is 13.2. The minimum Gasteiger partial charge on any atom is -0.390 e. The van der Waals surface area contributed by atoms with Crippen LogP contribution in [-0.4, -0.2) is 34.4 Å². The van der Waals surface area contributed by atoms with E-state index in [1.807, 2.05) is 0 Å². The average molecular weight is 465 g/mol. The van der Waals surface area contributed by atoms with Crippen LogP contribution in [0.2, 0.25) is 0 Å². The van der Waals surface area contributed by atoms with Crippen LogP contribution in [0.25, 0.3) is 0 Å². The van der Waals surface area contributed by atoms with Crippen molar-refractivity contribution in [2.24, 2.45) is 58.2 Å². The molecule has 0 saturated heterocycles. The third-order valence-corrected chi connectivity index (χ3v) is 11.8. The summed E-state index contributed by atoms with van der Waals surface area (Å²) in [6, 6.07) is 0. The summed E-state index contributed by atoms with van der Waals surface area (Å²) in [6.07, 6.45) is 5.68. The van der Waals surface area contributed by atoms with Crippen molar-refractivity contribution in [2.75, 3.05) is 0 Å². The first-order chi connectivity index (χ1) is 15.5. The fourth-order valence-electron chi connectivity index (χ4n) is 9.81. The molecule has 3 nitrogen and oxygen atoms in total. The van der Waals surface area contributed by atoms with E-state index in [0.717, 1.165) is 38.5 Å². The lowest BCUT2D eigenvalue weighted by Gasteiger charge is -2.60. The Bertz CT molecular complexity index is 724. The van der Waals surface area contributed by atoms with Crippen LogP contribution in [0.5, 0.6) is 0 Å². The predicted molar refractivity (Wildman–Crippen MR) is 130 cm³/mol. The number of hydrogen-bond donors (Lipinski definition) is 2. The van der Waals surface area contributed by atoms with Crippen LogP contribution in [0.3, 0.4) is 0 Å².